The monoisotopic (exact) mass is 1010 g/mol. The highest BCUT2D eigenvalue weighted by molar-refractivity contribution is 5.08. The minimum Gasteiger partial charge on any atom is -0.0654 e. The predicted octanol–water partition coefficient (Wildman–Crippen LogP) is 26.4. The van der Waals surface area contributed by atoms with Crippen LogP contribution in [0.15, 0.2) is 0 Å². The van der Waals surface area contributed by atoms with Crippen LogP contribution in [0, 0.1) is 71.0 Å². The van der Waals surface area contributed by atoms with E-state index < -0.39 is 0 Å². The molecule has 1 fully saturated rings. The Hall–Kier alpha value is 0. The Morgan fingerprint density at radius 1 is 0.167 bits per heavy atom. The maximum Gasteiger partial charge on any atom is -0.0318 e. The second kappa shape index (κ2) is 49.3. The van der Waals surface area contributed by atoms with Gasteiger partial charge in [0, 0.05) is 0 Å². The summed E-state index contributed by atoms with van der Waals surface area (Å²) in [5.74, 6) is 11.6. The van der Waals surface area contributed by atoms with Crippen LogP contribution in [0.4, 0.5) is 0 Å². The molecule has 6 atom stereocenters. The fourth-order valence-corrected chi connectivity index (χ4v) is 15.4. The largest absolute Gasteiger partial charge is 0.0654 e. The van der Waals surface area contributed by atoms with E-state index >= 15 is 0 Å². The molecule has 1 aliphatic rings. The molecule has 6 unspecified atom stereocenters. The average Bonchev–Trinajstić information content (AvgIpc) is 4.13. The molecule has 0 nitrogen and oxygen atoms in total. The van der Waals surface area contributed by atoms with Crippen molar-refractivity contribution in [1.29, 1.82) is 0 Å². The van der Waals surface area contributed by atoms with E-state index in [0.717, 1.165) is 71.0 Å². The standard InChI is InChI=1S/C72H144/c1-13-25-37-49-61(43-31-19-7)55-67(56-62(44-32-20-8)50-38-26-14-2)70-71(68(57-63(45-33-21-9)51-39-27-15-3)58-64(46-34-22-10)52-40-28-16-4)72(70)69(59-65(47-35-23-11)53-41-29-17-5)60-66(48-36-24-12)54-42-30-18-6/h61-72H,13-60H2,1-12H3. The molecule has 1 saturated carbocycles. The summed E-state index contributed by atoms with van der Waals surface area (Å²) in [5.41, 5.74) is 0. The van der Waals surface area contributed by atoms with Gasteiger partial charge in [-0.1, -0.05) is 353 Å². The fraction of sp³-hybridized carbons (Fsp3) is 1.00. The first-order valence-corrected chi connectivity index (χ1v) is 35.3. The summed E-state index contributed by atoms with van der Waals surface area (Å²) in [4.78, 5) is 0. The molecule has 72 heavy (non-hydrogen) atoms. The number of unbranched alkanes of at least 4 members (excludes halogenated alkanes) is 18. The van der Waals surface area contributed by atoms with Crippen molar-refractivity contribution in [2.45, 2.75) is 391 Å². The molecule has 1 rings (SSSR count). The smallest absolute Gasteiger partial charge is 0.0318 e. The quantitative estimate of drug-likeness (QED) is 0.0533. The van der Waals surface area contributed by atoms with Gasteiger partial charge in [0.25, 0.3) is 0 Å². The van der Waals surface area contributed by atoms with Crippen LogP contribution >= 0.6 is 0 Å². The van der Waals surface area contributed by atoms with Crippen LogP contribution in [-0.4, -0.2) is 0 Å². The second-order valence-corrected chi connectivity index (χ2v) is 26.5. The third kappa shape index (κ3) is 33.3. The molecule has 0 heteroatoms. The van der Waals surface area contributed by atoms with E-state index in [1.54, 1.807) is 38.5 Å². The molecule has 432 valence electrons. The normalized spacial score (nSPS) is 19.8. The summed E-state index contributed by atoms with van der Waals surface area (Å²) >= 11 is 0. The predicted molar refractivity (Wildman–Crippen MR) is 332 cm³/mol. The molecule has 0 bridgehead atoms. The van der Waals surface area contributed by atoms with E-state index in [-0.39, 0.29) is 0 Å². The minimum absolute atomic E-state index is 0.957. The van der Waals surface area contributed by atoms with E-state index in [0.29, 0.717) is 0 Å². The van der Waals surface area contributed by atoms with Crippen molar-refractivity contribution in [3.63, 3.8) is 0 Å². The van der Waals surface area contributed by atoms with Crippen LogP contribution in [0.1, 0.15) is 391 Å². The lowest BCUT2D eigenvalue weighted by Crippen LogP contribution is -2.21. The summed E-state index contributed by atoms with van der Waals surface area (Å²) in [7, 11) is 0. The Labute approximate surface area is 460 Å². The SMILES string of the molecule is CCCCCC(CCCC)CC(CC(CCCC)CCCCC)C1C(C(CC(CCCC)CCCCC)CC(CCCC)CCCCC)C1C(CC(CCCC)CCCCC)CC(CCCC)CCCCC. The summed E-state index contributed by atoms with van der Waals surface area (Å²) in [5, 5.41) is 0. The molecule has 0 amide bonds. The lowest BCUT2D eigenvalue weighted by atomic mass is 9.74. The molecule has 0 aromatic carbocycles. The number of hydrogen-bond acceptors (Lipinski definition) is 0. The summed E-state index contributed by atoms with van der Waals surface area (Å²) in [6.07, 6.45) is 70.7. The van der Waals surface area contributed by atoms with Crippen LogP contribution in [0.25, 0.3) is 0 Å². The molecule has 0 aromatic heterocycles. The van der Waals surface area contributed by atoms with Crippen molar-refractivity contribution in [2.24, 2.45) is 71.0 Å². The van der Waals surface area contributed by atoms with Crippen LogP contribution in [0.5, 0.6) is 0 Å². The second-order valence-electron chi connectivity index (χ2n) is 26.5. The van der Waals surface area contributed by atoms with Crippen LogP contribution in [0.2, 0.25) is 0 Å². The summed E-state index contributed by atoms with van der Waals surface area (Å²) in [6, 6.07) is 0. The Balaban J connectivity index is 4.42. The van der Waals surface area contributed by atoms with Crippen molar-refractivity contribution < 1.29 is 0 Å². The highest BCUT2D eigenvalue weighted by Crippen LogP contribution is 2.66. The summed E-state index contributed by atoms with van der Waals surface area (Å²) < 4.78 is 0. The lowest BCUT2D eigenvalue weighted by Gasteiger charge is -2.31. The van der Waals surface area contributed by atoms with Gasteiger partial charge in [0.1, 0.15) is 0 Å². The van der Waals surface area contributed by atoms with Crippen molar-refractivity contribution in [1.82, 2.24) is 0 Å². The van der Waals surface area contributed by atoms with Crippen LogP contribution < -0.4 is 0 Å². The lowest BCUT2D eigenvalue weighted by molar-refractivity contribution is 0.194. The molecule has 1 aliphatic carbocycles. The van der Waals surface area contributed by atoms with Gasteiger partial charge in [-0.25, -0.2) is 0 Å². The molecule has 0 N–H and O–H groups in total. The van der Waals surface area contributed by atoms with E-state index in [4.69, 9.17) is 0 Å². The first-order chi connectivity index (χ1) is 35.3. The van der Waals surface area contributed by atoms with Gasteiger partial charge in [0.15, 0.2) is 0 Å². The average molecular weight is 1010 g/mol. The van der Waals surface area contributed by atoms with Gasteiger partial charge < -0.3 is 0 Å². The van der Waals surface area contributed by atoms with Gasteiger partial charge in [0.2, 0.25) is 0 Å². The first-order valence-electron chi connectivity index (χ1n) is 35.3. The zero-order valence-electron chi connectivity index (χ0n) is 52.9. The van der Waals surface area contributed by atoms with Gasteiger partial charge >= 0.3 is 0 Å². The van der Waals surface area contributed by atoms with Crippen molar-refractivity contribution in [3.8, 4) is 0 Å². The Bertz CT molecular complexity index is 863. The van der Waals surface area contributed by atoms with Gasteiger partial charge in [-0.05, 0) is 110 Å². The first kappa shape index (κ1) is 70.0. The van der Waals surface area contributed by atoms with E-state index in [1.807, 2.05) is 0 Å². The van der Waals surface area contributed by atoms with E-state index in [9.17, 15) is 0 Å². The highest BCUT2D eigenvalue weighted by atomic mass is 14.6. The number of hydrogen-bond donors (Lipinski definition) is 0. The zero-order chi connectivity index (χ0) is 52.9. The van der Waals surface area contributed by atoms with Gasteiger partial charge in [0.05, 0.1) is 0 Å². The zero-order valence-corrected chi connectivity index (χ0v) is 52.9. The molecular weight excluding hydrogens is 865 g/mol. The topological polar surface area (TPSA) is 0 Å². The van der Waals surface area contributed by atoms with Crippen molar-refractivity contribution in [3.05, 3.63) is 0 Å². The molecule has 0 heterocycles. The molecule has 0 radical (unpaired) electrons. The molecule has 0 spiro atoms. The molecule has 0 aliphatic heterocycles. The van der Waals surface area contributed by atoms with E-state index in [2.05, 4.69) is 83.1 Å². The summed E-state index contributed by atoms with van der Waals surface area (Å²) in [6.45, 7) is 29.7. The third-order valence-corrected chi connectivity index (χ3v) is 19.7. The Morgan fingerprint density at radius 3 is 0.417 bits per heavy atom. The fourth-order valence-electron chi connectivity index (χ4n) is 15.4. The van der Waals surface area contributed by atoms with Crippen molar-refractivity contribution >= 4 is 0 Å². The van der Waals surface area contributed by atoms with E-state index in [1.165, 1.54) is 270 Å². The Kier molecular flexibility index (Phi) is 47.9. The maximum absolute atomic E-state index is 2.49. The van der Waals surface area contributed by atoms with Crippen molar-refractivity contribution in [2.75, 3.05) is 0 Å². The van der Waals surface area contributed by atoms with Crippen LogP contribution in [0.3, 0.4) is 0 Å². The van der Waals surface area contributed by atoms with Crippen LogP contribution in [-0.2, 0) is 0 Å². The van der Waals surface area contributed by atoms with Gasteiger partial charge in [-0.3, -0.25) is 0 Å². The third-order valence-electron chi connectivity index (χ3n) is 19.7. The molecule has 0 saturated heterocycles. The van der Waals surface area contributed by atoms with Gasteiger partial charge in [-0.15, -0.1) is 0 Å². The Morgan fingerprint density at radius 2 is 0.292 bits per heavy atom. The highest BCUT2D eigenvalue weighted by Gasteiger charge is 2.60. The number of rotatable bonds is 57. The molecular formula is C72H144. The van der Waals surface area contributed by atoms with Gasteiger partial charge in [-0.2, -0.15) is 0 Å². The molecule has 0 aromatic rings. The minimum atomic E-state index is 0.957. The maximum atomic E-state index is 2.49.